The molecule has 3 aliphatic rings. The highest BCUT2D eigenvalue weighted by molar-refractivity contribution is 9.10. The van der Waals surface area contributed by atoms with Crippen molar-refractivity contribution in [2.24, 2.45) is 0 Å². The Kier molecular flexibility index (Phi) is 4.76. The summed E-state index contributed by atoms with van der Waals surface area (Å²) in [5, 5.41) is 0. The molecule has 2 aromatic rings. The molecule has 6 nitrogen and oxygen atoms in total. The van der Waals surface area contributed by atoms with Crippen LogP contribution in [0.15, 0.2) is 40.6 Å². The van der Waals surface area contributed by atoms with E-state index in [0.29, 0.717) is 31.0 Å². The molecule has 1 unspecified atom stereocenters. The Morgan fingerprint density at radius 3 is 2.67 bits per heavy atom. The second-order valence-corrected chi connectivity index (χ2v) is 11.1. The third-order valence-electron chi connectivity index (χ3n) is 5.86. The Morgan fingerprint density at radius 1 is 1.20 bits per heavy atom. The third kappa shape index (κ3) is 3.46. The number of allylic oxidation sites excluding steroid dienone is 1. The summed E-state index contributed by atoms with van der Waals surface area (Å²) < 4.78 is 36.6. The average Bonchev–Trinajstić information content (AvgIpc) is 3.23. The van der Waals surface area contributed by atoms with E-state index in [2.05, 4.69) is 15.9 Å². The van der Waals surface area contributed by atoms with Gasteiger partial charge in [0.05, 0.1) is 17.1 Å². The second kappa shape index (κ2) is 7.21. The van der Waals surface area contributed by atoms with Crippen molar-refractivity contribution in [1.29, 1.82) is 0 Å². The van der Waals surface area contributed by atoms with E-state index in [0.717, 1.165) is 26.9 Å². The molecule has 30 heavy (non-hydrogen) atoms. The molecule has 3 heterocycles. The molecule has 0 bridgehead atoms. The predicted octanol–water partition coefficient (Wildman–Crippen LogP) is 3.71. The summed E-state index contributed by atoms with van der Waals surface area (Å²) in [5.74, 6) is 1.79. The van der Waals surface area contributed by atoms with Gasteiger partial charge in [-0.2, -0.15) is 0 Å². The Hall–Kier alpha value is -2.16. The van der Waals surface area contributed by atoms with Crippen LogP contribution in [0.4, 0.5) is 0 Å². The van der Waals surface area contributed by atoms with Gasteiger partial charge in [-0.25, -0.2) is 8.42 Å². The van der Waals surface area contributed by atoms with Crippen LogP contribution in [0.2, 0.25) is 0 Å². The number of benzene rings is 2. The number of fused-ring (bicyclic) bond motifs is 2. The molecule has 0 spiro atoms. The highest BCUT2D eigenvalue weighted by atomic mass is 79.9. The van der Waals surface area contributed by atoms with Crippen LogP contribution in [0.25, 0.3) is 6.08 Å². The van der Waals surface area contributed by atoms with Gasteiger partial charge in [-0.3, -0.25) is 9.69 Å². The van der Waals surface area contributed by atoms with Gasteiger partial charge in [-0.05, 0) is 43.2 Å². The van der Waals surface area contributed by atoms with Crippen LogP contribution >= 0.6 is 15.9 Å². The fourth-order valence-corrected chi connectivity index (χ4v) is 6.30. The molecule has 1 saturated heterocycles. The van der Waals surface area contributed by atoms with Crippen molar-refractivity contribution in [2.75, 3.05) is 18.2 Å². The first-order valence-electron chi connectivity index (χ1n) is 9.74. The molecule has 0 N–H and O–H groups in total. The summed E-state index contributed by atoms with van der Waals surface area (Å²) in [5.41, 5.74) is 3.10. The van der Waals surface area contributed by atoms with E-state index in [1.54, 1.807) is 6.08 Å². The van der Waals surface area contributed by atoms with Crippen LogP contribution in [-0.4, -0.2) is 43.4 Å². The summed E-state index contributed by atoms with van der Waals surface area (Å²) in [6.07, 6.45) is 2.36. The molecule has 5 rings (SSSR count). The minimum Gasteiger partial charge on any atom is -0.477 e. The zero-order valence-electron chi connectivity index (χ0n) is 16.4. The number of hydrogen-bond donors (Lipinski definition) is 0. The van der Waals surface area contributed by atoms with Crippen molar-refractivity contribution in [2.45, 2.75) is 25.9 Å². The van der Waals surface area contributed by atoms with Crippen LogP contribution in [0.5, 0.6) is 11.5 Å². The van der Waals surface area contributed by atoms with E-state index in [4.69, 9.17) is 9.47 Å². The van der Waals surface area contributed by atoms with Crippen molar-refractivity contribution < 1.29 is 22.7 Å². The van der Waals surface area contributed by atoms with Crippen molar-refractivity contribution >= 4 is 37.6 Å². The molecule has 0 amide bonds. The molecule has 0 radical (unpaired) electrons. The molecule has 1 fully saturated rings. The van der Waals surface area contributed by atoms with Crippen LogP contribution < -0.4 is 9.47 Å². The smallest absolute Gasteiger partial charge is 0.231 e. The van der Waals surface area contributed by atoms with Gasteiger partial charge in [0.25, 0.3) is 0 Å². The molecule has 0 saturated carbocycles. The van der Waals surface area contributed by atoms with Gasteiger partial charge in [0.2, 0.25) is 5.78 Å². The second-order valence-electron chi connectivity index (χ2n) is 7.93. The lowest BCUT2D eigenvalue weighted by Crippen LogP contribution is -2.41. The maximum Gasteiger partial charge on any atom is 0.231 e. The highest BCUT2D eigenvalue weighted by Crippen LogP contribution is 2.43. The lowest BCUT2D eigenvalue weighted by molar-refractivity contribution is 0.0637. The number of sulfone groups is 1. The van der Waals surface area contributed by atoms with Crippen LogP contribution in [0.1, 0.15) is 33.5 Å². The number of halogens is 1. The molecule has 8 heteroatoms. The van der Waals surface area contributed by atoms with Crippen molar-refractivity contribution in [3.05, 3.63) is 62.8 Å². The van der Waals surface area contributed by atoms with Gasteiger partial charge in [-0.15, -0.1) is 0 Å². The molecular weight excluding hydrogens is 470 g/mol. The van der Waals surface area contributed by atoms with Gasteiger partial charge in [0, 0.05) is 28.2 Å². The minimum atomic E-state index is -2.97. The van der Waals surface area contributed by atoms with Gasteiger partial charge in [-0.1, -0.05) is 28.1 Å². The topological polar surface area (TPSA) is 72.9 Å². The molecule has 2 aromatic carbocycles. The number of carbonyl (C=O) groups is 1. The molecular formula is C22H20BrNO5S. The average molecular weight is 490 g/mol. The fraction of sp³-hybridized carbons (Fsp3) is 0.318. The van der Waals surface area contributed by atoms with E-state index in [-0.39, 0.29) is 29.1 Å². The maximum absolute atomic E-state index is 13.0. The normalized spacial score (nSPS) is 23.7. The maximum atomic E-state index is 13.0. The Morgan fingerprint density at radius 2 is 1.97 bits per heavy atom. The Balaban J connectivity index is 1.44. The Labute approximate surface area is 183 Å². The minimum absolute atomic E-state index is 0.0449. The highest BCUT2D eigenvalue weighted by Gasteiger charge is 2.37. The summed E-state index contributed by atoms with van der Waals surface area (Å²) in [6.45, 7) is 2.79. The Bertz CT molecular complexity index is 1190. The first-order valence-corrected chi connectivity index (χ1v) is 12.4. The number of hydrogen-bond acceptors (Lipinski definition) is 6. The first kappa shape index (κ1) is 19.8. The largest absolute Gasteiger partial charge is 0.477 e. The van der Waals surface area contributed by atoms with Crippen molar-refractivity contribution in [3.8, 4) is 11.5 Å². The van der Waals surface area contributed by atoms with E-state index in [1.807, 2.05) is 42.2 Å². The number of nitrogens with zero attached hydrogens (tertiary/aromatic N) is 1. The van der Waals surface area contributed by atoms with E-state index >= 15 is 0 Å². The van der Waals surface area contributed by atoms with E-state index in [1.165, 1.54) is 0 Å². The standard InChI is InChI=1S/C22H20BrNO5S/c1-13-21-15(10-24(12-28-21)17-6-7-30(26,27)11-17)9-18-20(25)19(29-22(13)18)8-14-2-4-16(23)5-3-14/h2-5,8-9,17H,6-7,10-12H2,1H3/b19-8-. The van der Waals surface area contributed by atoms with Gasteiger partial charge in [0.1, 0.15) is 18.2 Å². The number of ether oxygens (including phenoxy) is 2. The SMILES string of the molecule is Cc1c2c(cc3c1O/C(=C\c1ccc(Br)cc1)C3=O)CN(C1CCS(=O)(=O)C1)CO2. The third-order valence-corrected chi connectivity index (χ3v) is 8.14. The van der Waals surface area contributed by atoms with Gasteiger partial charge >= 0.3 is 0 Å². The monoisotopic (exact) mass is 489 g/mol. The molecule has 156 valence electrons. The van der Waals surface area contributed by atoms with E-state index in [9.17, 15) is 13.2 Å². The molecule has 1 atom stereocenters. The molecule has 0 aromatic heterocycles. The lowest BCUT2D eigenvalue weighted by atomic mass is 9.99. The lowest BCUT2D eigenvalue weighted by Gasteiger charge is -2.33. The van der Waals surface area contributed by atoms with Gasteiger partial charge in [0.15, 0.2) is 15.6 Å². The van der Waals surface area contributed by atoms with Crippen molar-refractivity contribution in [1.82, 2.24) is 4.90 Å². The van der Waals surface area contributed by atoms with Crippen LogP contribution in [-0.2, 0) is 16.4 Å². The van der Waals surface area contributed by atoms with Gasteiger partial charge < -0.3 is 9.47 Å². The summed E-state index contributed by atoms with van der Waals surface area (Å²) in [6, 6.07) is 9.42. The zero-order chi connectivity index (χ0) is 21.0. The first-order chi connectivity index (χ1) is 14.3. The summed E-state index contributed by atoms with van der Waals surface area (Å²) >= 11 is 3.41. The van der Waals surface area contributed by atoms with E-state index < -0.39 is 9.84 Å². The van der Waals surface area contributed by atoms with Crippen molar-refractivity contribution in [3.63, 3.8) is 0 Å². The zero-order valence-corrected chi connectivity index (χ0v) is 18.8. The van der Waals surface area contributed by atoms with Crippen LogP contribution in [0.3, 0.4) is 0 Å². The number of carbonyl (C=O) groups excluding carboxylic acids is 1. The summed E-state index contributed by atoms with van der Waals surface area (Å²) in [4.78, 5) is 15.0. The number of ketones is 1. The molecule has 0 aliphatic carbocycles. The quantitative estimate of drug-likeness (QED) is 0.598. The number of Topliss-reactive ketones (excluding diaryl/α,β-unsaturated/α-hetero) is 1. The summed E-state index contributed by atoms with van der Waals surface area (Å²) in [7, 11) is -2.97. The number of rotatable bonds is 2. The van der Waals surface area contributed by atoms with Crippen LogP contribution in [0, 0.1) is 6.92 Å². The molecule has 3 aliphatic heterocycles. The fourth-order valence-electron chi connectivity index (χ4n) is 4.27. The predicted molar refractivity (Wildman–Crippen MR) is 116 cm³/mol.